The van der Waals surface area contributed by atoms with Crippen molar-refractivity contribution in [2.75, 3.05) is 22.8 Å². The van der Waals surface area contributed by atoms with Gasteiger partial charge in [0.15, 0.2) is 0 Å². The number of sulfonamides is 1. The Morgan fingerprint density at radius 1 is 0.903 bits per heavy atom. The molecule has 3 aromatic rings. The maximum Gasteiger partial charge on any atom is 0.264 e. The van der Waals surface area contributed by atoms with Gasteiger partial charge in [-0.3, -0.25) is 9.10 Å². The minimum Gasteiger partial charge on any atom is -0.494 e. The third-order valence-corrected chi connectivity index (χ3v) is 6.04. The highest BCUT2D eigenvalue weighted by Crippen LogP contribution is 2.24. The molecule has 0 radical (unpaired) electrons. The van der Waals surface area contributed by atoms with Crippen molar-refractivity contribution in [2.45, 2.75) is 11.8 Å². The summed E-state index contributed by atoms with van der Waals surface area (Å²) in [5.74, 6) is -1.13. The number of carbonyl (C=O) groups is 1. The van der Waals surface area contributed by atoms with Gasteiger partial charge >= 0.3 is 0 Å². The molecule has 3 aromatic carbocycles. The highest BCUT2D eigenvalue weighted by molar-refractivity contribution is 7.92. The molecule has 0 unspecified atom stereocenters. The van der Waals surface area contributed by atoms with Crippen LogP contribution in [0.5, 0.6) is 5.75 Å². The summed E-state index contributed by atoms with van der Waals surface area (Å²) in [5.41, 5.74) is 0.541. The maximum absolute atomic E-state index is 13.4. The first-order valence-corrected chi connectivity index (χ1v) is 10.8. The molecule has 9 heteroatoms. The molecule has 1 amide bonds. The second-order valence-electron chi connectivity index (χ2n) is 6.45. The summed E-state index contributed by atoms with van der Waals surface area (Å²) in [6.07, 6.45) is 0. The van der Waals surface area contributed by atoms with Crippen LogP contribution < -0.4 is 14.4 Å². The maximum atomic E-state index is 13.4. The summed E-state index contributed by atoms with van der Waals surface area (Å²) in [6, 6.07) is 15.5. The standard InChI is InChI=1S/C22H20F2N2O4S/c1-2-30-20-11-7-18(8-12-20)25-22(27)15-26(19-9-3-16(23)4-10-19)31(28,29)21-13-5-17(24)6-14-21/h3-14H,2,15H2,1H3,(H,25,27). The van der Waals surface area contributed by atoms with Crippen molar-refractivity contribution in [3.05, 3.63) is 84.4 Å². The van der Waals surface area contributed by atoms with Crippen molar-refractivity contribution in [1.82, 2.24) is 0 Å². The molecule has 0 aliphatic carbocycles. The van der Waals surface area contributed by atoms with Crippen LogP contribution in [0, 0.1) is 11.6 Å². The van der Waals surface area contributed by atoms with Crippen LogP contribution in [0.15, 0.2) is 77.7 Å². The average Bonchev–Trinajstić information content (AvgIpc) is 2.75. The molecule has 1 N–H and O–H groups in total. The van der Waals surface area contributed by atoms with E-state index in [1.54, 1.807) is 24.3 Å². The number of nitrogens with one attached hydrogen (secondary N) is 1. The van der Waals surface area contributed by atoms with Gasteiger partial charge in [-0.25, -0.2) is 17.2 Å². The van der Waals surface area contributed by atoms with Crippen LogP contribution in [-0.2, 0) is 14.8 Å². The SMILES string of the molecule is CCOc1ccc(NC(=O)CN(c2ccc(F)cc2)S(=O)(=O)c2ccc(F)cc2)cc1. The second-order valence-corrected chi connectivity index (χ2v) is 8.31. The zero-order chi connectivity index (χ0) is 22.4. The molecular formula is C22H20F2N2O4S. The van der Waals surface area contributed by atoms with Crippen LogP contribution in [0.1, 0.15) is 6.92 Å². The zero-order valence-electron chi connectivity index (χ0n) is 16.6. The van der Waals surface area contributed by atoms with E-state index >= 15 is 0 Å². The molecule has 31 heavy (non-hydrogen) atoms. The molecule has 3 rings (SSSR count). The summed E-state index contributed by atoms with van der Waals surface area (Å²) in [4.78, 5) is 12.4. The fourth-order valence-corrected chi connectivity index (χ4v) is 4.21. The van der Waals surface area contributed by atoms with Gasteiger partial charge in [-0.1, -0.05) is 0 Å². The van der Waals surface area contributed by atoms with Crippen molar-refractivity contribution in [1.29, 1.82) is 0 Å². The minimum absolute atomic E-state index is 0.0903. The molecule has 0 bridgehead atoms. The normalized spacial score (nSPS) is 11.1. The summed E-state index contributed by atoms with van der Waals surface area (Å²) >= 11 is 0. The van der Waals surface area contributed by atoms with E-state index in [1.165, 1.54) is 12.1 Å². The Hall–Kier alpha value is -3.46. The van der Waals surface area contributed by atoms with Crippen molar-refractivity contribution in [2.24, 2.45) is 0 Å². The highest BCUT2D eigenvalue weighted by atomic mass is 32.2. The van der Waals surface area contributed by atoms with Crippen LogP contribution in [0.25, 0.3) is 0 Å². The van der Waals surface area contributed by atoms with Crippen molar-refractivity contribution in [3.8, 4) is 5.75 Å². The third kappa shape index (κ3) is 5.58. The molecule has 162 valence electrons. The minimum atomic E-state index is -4.22. The molecule has 6 nitrogen and oxygen atoms in total. The summed E-state index contributed by atoms with van der Waals surface area (Å²) in [7, 11) is -4.22. The van der Waals surface area contributed by atoms with E-state index in [-0.39, 0.29) is 10.6 Å². The molecule has 0 aromatic heterocycles. The highest BCUT2D eigenvalue weighted by Gasteiger charge is 2.27. The van der Waals surface area contributed by atoms with Gasteiger partial charge in [-0.15, -0.1) is 0 Å². The third-order valence-electron chi connectivity index (χ3n) is 4.25. The zero-order valence-corrected chi connectivity index (χ0v) is 17.4. The number of anilines is 2. The monoisotopic (exact) mass is 446 g/mol. The average molecular weight is 446 g/mol. The van der Waals surface area contributed by atoms with E-state index in [4.69, 9.17) is 4.74 Å². The van der Waals surface area contributed by atoms with Gasteiger partial charge in [-0.2, -0.15) is 0 Å². The van der Waals surface area contributed by atoms with Crippen LogP contribution in [-0.4, -0.2) is 27.5 Å². The summed E-state index contributed by atoms with van der Waals surface area (Å²) in [5, 5.41) is 2.62. The lowest BCUT2D eigenvalue weighted by molar-refractivity contribution is -0.114. The Labute approximate surface area is 179 Å². The van der Waals surface area contributed by atoms with E-state index in [0.29, 0.717) is 18.0 Å². The van der Waals surface area contributed by atoms with Gasteiger partial charge in [0.1, 0.15) is 23.9 Å². The number of carbonyl (C=O) groups excluding carboxylic acids is 1. The van der Waals surface area contributed by atoms with Gasteiger partial charge in [0.25, 0.3) is 10.0 Å². The van der Waals surface area contributed by atoms with Crippen molar-refractivity contribution >= 4 is 27.3 Å². The number of halogens is 2. The van der Waals surface area contributed by atoms with E-state index in [1.807, 2.05) is 6.92 Å². The van der Waals surface area contributed by atoms with E-state index < -0.39 is 34.1 Å². The number of hydrogen-bond acceptors (Lipinski definition) is 4. The fraction of sp³-hybridized carbons (Fsp3) is 0.136. The number of ether oxygens (including phenoxy) is 1. The van der Waals surface area contributed by atoms with E-state index in [9.17, 15) is 22.0 Å². The molecular weight excluding hydrogens is 426 g/mol. The van der Waals surface area contributed by atoms with Crippen LogP contribution in [0.3, 0.4) is 0 Å². The van der Waals surface area contributed by atoms with Crippen LogP contribution >= 0.6 is 0 Å². The number of amides is 1. The van der Waals surface area contributed by atoms with Crippen molar-refractivity contribution < 1.29 is 26.7 Å². The Kier molecular flexibility index (Phi) is 6.86. The van der Waals surface area contributed by atoms with Gasteiger partial charge in [0, 0.05) is 5.69 Å². The second kappa shape index (κ2) is 9.57. The number of hydrogen-bond donors (Lipinski definition) is 1. The topological polar surface area (TPSA) is 75.7 Å². The van der Waals surface area contributed by atoms with Crippen LogP contribution in [0.4, 0.5) is 20.2 Å². The van der Waals surface area contributed by atoms with Crippen molar-refractivity contribution in [3.63, 3.8) is 0 Å². The Morgan fingerprint density at radius 3 is 2.00 bits per heavy atom. The number of rotatable bonds is 8. The molecule has 0 saturated heterocycles. The Morgan fingerprint density at radius 2 is 1.45 bits per heavy atom. The van der Waals surface area contributed by atoms with Gasteiger partial charge in [-0.05, 0) is 79.7 Å². The predicted molar refractivity (Wildman–Crippen MR) is 114 cm³/mol. The Balaban J connectivity index is 1.86. The molecule has 0 atom stereocenters. The Bertz CT molecular complexity index is 1130. The van der Waals surface area contributed by atoms with Gasteiger partial charge < -0.3 is 10.1 Å². The first-order chi connectivity index (χ1) is 14.8. The molecule has 0 fully saturated rings. The first kappa shape index (κ1) is 22.2. The lowest BCUT2D eigenvalue weighted by Crippen LogP contribution is -2.38. The first-order valence-electron chi connectivity index (χ1n) is 9.36. The summed E-state index contributed by atoms with van der Waals surface area (Å²) < 4.78 is 59.1. The van der Waals surface area contributed by atoms with E-state index in [2.05, 4.69) is 5.32 Å². The van der Waals surface area contributed by atoms with E-state index in [0.717, 1.165) is 40.7 Å². The molecule has 0 aliphatic heterocycles. The lowest BCUT2D eigenvalue weighted by atomic mass is 10.3. The molecule has 0 heterocycles. The van der Waals surface area contributed by atoms with Crippen LogP contribution in [0.2, 0.25) is 0 Å². The molecule has 0 aliphatic rings. The lowest BCUT2D eigenvalue weighted by Gasteiger charge is -2.24. The largest absolute Gasteiger partial charge is 0.494 e. The smallest absolute Gasteiger partial charge is 0.264 e. The molecule has 0 spiro atoms. The number of nitrogens with zero attached hydrogens (tertiary/aromatic N) is 1. The predicted octanol–water partition coefficient (Wildman–Crippen LogP) is 4.20. The summed E-state index contributed by atoms with van der Waals surface area (Å²) in [6.45, 7) is 1.78. The van der Waals surface area contributed by atoms with Gasteiger partial charge in [0.2, 0.25) is 5.91 Å². The fourth-order valence-electron chi connectivity index (χ4n) is 2.79. The number of benzene rings is 3. The quantitative estimate of drug-likeness (QED) is 0.563. The van der Waals surface area contributed by atoms with Gasteiger partial charge in [0.05, 0.1) is 17.2 Å². The molecule has 0 saturated carbocycles.